The number of nitrogens with zero attached hydrogens (tertiary/aromatic N) is 3. The number of carbonyl (C=O) groups excluding carboxylic acids is 1. The standard InChI is InChI=1S/C21H29N3O2/c25-21(11-14-23-15-12-22-18-23)24-13-7-3-1-2-4-8-19-9-5-6-10-20(19)26-17-16-24/h5-6,9-10,12,15,18H,1-4,7-8,11,13-14,16-17H2. The van der Waals surface area contributed by atoms with Gasteiger partial charge in [0, 0.05) is 31.9 Å². The molecule has 0 N–H and O–H groups in total. The maximum atomic E-state index is 12.7. The molecule has 2 aromatic rings. The fraction of sp³-hybridized carbons (Fsp3) is 0.524. The molecule has 0 spiro atoms. The molecule has 1 aliphatic heterocycles. The number of carbonyl (C=O) groups is 1. The number of hydrogen-bond donors (Lipinski definition) is 0. The molecule has 0 saturated carbocycles. The van der Waals surface area contributed by atoms with E-state index in [1.165, 1.54) is 31.2 Å². The lowest BCUT2D eigenvalue weighted by Gasteiger charge is -2.23. The number of ether oxygens (including phenoxy) is 1. The van der Waals surface area contributed by atoms with Crippen LogP contribution < -0.4 is 4.74 Å². The first-order chi connectivity index (χ1) is 12.8. The van der Waals surface area contributed by atoms with Crippen molar-refractivity contribution < 1.29 is 9.53 Å². The zero-order valence-electron chi connectivity index (χ0n) is 15.5. The van der Waals surface area contributed by atoms with E-state index in [-0.39, 0.29) is 5.91 Å². The van der Waals surface area contributed by atoms with Crippen LogP contribution in [0.3, 0.4) is 0 Å². The number of imidazole rings is 1. The van der Waals surface area contributed by atoms with Crippen LogP contribution in [-0.2, 0) is 17.8 Å². The lowest BCUT2D eigenvalue weighted by Crippen LogP contribution is -2.36. The third-order valence-electron chi connectivity index (χ3n) is 4.96. The van der Waals surface area contributed by atoms with Crippen LogP contribution in [0.2, 0.25) is 0 Å². The molecule has 2 heterocycles. The molecule has 5 heteroatoms. The van der Waals surface area contributed by atoms with Crippen LogP contribution >= 0.6 is 0 Å². The number of para-hydroxylation sites is 1. The Morgan fingerprint density at radius 1 is 1.08 bits per heavy atom. The van der Waals surface area contributed by atoms with Gasteiger partial charge in [0.1, 0.15) is 12.4 Å². The van der Waals surface area contributed by atoms with E-state index in [0.717, 1.165) is 25.1 Å². The van der Waals surface area contributed by atoms with Gasteiger partial charge in [0.15, 0.2) is 0 Å². The van der Waals surface area contributed by atoms with Crippen molar-refractivity contribution in [3.63, 3.8) is 0 Å². The van der Waals surface area contributed by atoms with Gasteiger partial charge in [0.05, 0.1) is 12.9 Å². The number of rotatable bonds is 3. The Morgan fingerprint density at radius 2 is 1.92 bits per heavy atom. The summed E-state index contributed by atoms with van der Waals surface area (Å²) in [7, 11) is 0. The van der Waals surface area contributed by atoms with E-state index in [1.54, 1.807) is 12.5 Å². The van der Waals surface area contributed by atoms with Crippen LogP contribution in [0.25, 0.3) is 0 Å². The quantitative estimate of drug-likeness (QED) is 0.844. The molecule has 0 saturated heterocycles. The largest absolute Gasteiger partial charge is 0.491 e. The normalized spacial score (nSPS) is 16.5. The van der Waals surface area contributed by atoms with E-state index in [9.17, 15) is 4.79 Å². The van der Waals surface area contributed by atoms with Gasteiger partial charge in [0.2, 0.25) is 5.91 Å². The third-order valence-corrected chi connectivity index (χ3v) is 4.96. The van der Waals surface area contributed by atoms with E-state index in [0.29, 0.717) is 26.1 Å². The Balaban J connectivity index is 1.58. The molecular weight excluding hydrogens is 326 g/mol. The summed E-state index contributed by atoms with van der Waals surface area (Å²) in [6.45, 7) is 2.71. The summed E-state index contributed by atoms with van der Waals surface area (Å²) in [5.74, 6) is 1.17. The highest BCUT2D eigenvalue weighted by atomic mass is 16.5. The lowest BCUT2D eigenvalue weighted by molar-refractivity contribution is -0.131. The monoisotopic (exact) mass is 355 g/mol. The highest BCUT2D eigenvalue weighted by molar-refractivity contribution is 5.76. The number of aromatic nitrogens is 2. The van der Waals surface area contributed by atoms with Crippen molar-refractivity contribution >= 4 is 5.91 Å². The minimum Gasteiger partial charge on any atom is -0.491 e. The van der Waals surface area contributed by atoms with E-state index in [1.807, 2.05) is 27.8 Å². The van der Waals surface area contributed by atoms with Gasteiger partial charge in [-0.25, -0.2) is 4.98 Å². The molecule has 1 aliphatic rings. The summed E-state index contributed by atoms with van der Waals surface area (Å²) in [4.78, 5) is 18.7. The Bertz CT molecular complexity index is 670. The van der Waals surface area contributed by atoms with E-state index < -0.39 is 0 Å². The second-order valence-corrected chi connectivity index (χ2v) is 6.91. The summed E-state index contributed by atoms with van der Waals surface area (Å²) in [5.41, 5.74) is 1.28. The first-order valence-electron chi connectivity index (χ1n) is 9.77. The van der Waals surface area contributed by atoms with Crippen LogP contribution in [0, 0.1) is 0 Å². The van der Waals surface area contributed by atoms with Gasteiger partial charge in [-0.15, -0.1) is 0 Å². The molecular formula is C21H29N3O2. The van der Waals surface area contributed by atoms with Crippen molar-refractivity contribution in [3.05, 3.63) is 48.5 Å². The smallest absolute Gasteiger partial charge is 0.224 e. The third kappa shape index (κ3) is 5.61. The fourth-order valence-corrected chi connectivity index (χ4v) is 3.43. The second-order valence-electron chi connectivity index (χ2n) is 6.91. The minimum absolute atomic E-state index is 0.199. The average molecular weight is 355 g/mol. The molecule has 0 bridgehead atoms. The van der Waals surface area contributed by atoms with Crippen LogP contribution in [0.4, 0.5) is 0 Å². The van der Waals surface area contributed by atoms with Crippen molar-refractivity contribution in [2.45, 2.75) is 51.5 Å². The highest BCUT2D eigenvalue weighted by Gasteiger charge is 2.14. The molecule has 0 fully saturated rings. The molecule has 140 valence electrons. The predicted octanol–water partition coefficient (Wildman–Crippen LogP) is 3.69. The average Bonchev–Trinajstić information content (AvgIpc) is 3.18. The Hall–Kier alpha value is -2.30. The highest BCUT2D eigenvalue weighted by Crippen LogP contribution is 2.21. The van der Waals surface area contributed by atoms with Gasteiger partial charge in [-0.3, -0.25) is 4.79 Å². The molecule has 5 nitrogen and oxygen atoms in total. The van der Waals surface area contributed by atoms with Gasteiger partial charge in [-0.1, -0.05) is 37.5 Å². The van der Waals surface area contributed by atoms with Gasteiger partial charge >= 0.3 is 0 Å². The SMILES string of the molecule is O=C(CCn1ccnc1)N1CCCCCCCc2ccccc2OCC1. The van der Waals surface area contributed by atoms with E-state index in [2.05, 4.69) is 17.1 Å². The Morgan fingerprint density at radius 3 is 2.81 bits per heavy atom. The number of hydrogen-bond acceptors (Lipinski definition) is 3. The zero-order chi connectivity index (χ0) is 18.0. The number of aryl methyl sites for hydroxylation is 2. The lowest BCUT2D eigenvalue weighted by atomic mass is 10.0. The molecule has 0 unspecified atom stereocenters. The molecule has 0 atom stereocenters. The Kier molecular flexibility index (Phi) is 7.11. The van der Waals surface area contributed by atoms with Gasteiger partial charge in [-0.05, 0) is 30.9 Å². The summed E-state index contributed by atoms with van der Waals surface area (Å²) in [6, 6.07) is 8.29. The first-order valence-corrected chi connectivity index (χ1v) is 9.77. The van der Waals surface area contributed by atoms with Gasteiger partial charge in [-0.2, -0.15) is 0 Å². The number of benzene rings is 1. The minimum atomic E-state index is 0.199. The first kappa shape index (κ1) is 18.5. The van der Waals surface area contributed by atoms with Crippen LogP contribution in [0.15, 0.2) is 43.0 Å². The zero-order valence-corrected chi connectivity index (χ0v) is 15.5. The van der Waals surface area contributed by atoms with Crippen molar-refractivity contribution in [1.29, 1.82) is 0 Å². The number of amides is 1. The fourth-order valence-electron chi connectivity index (χ4n) is 3.43. The van der Waals surface area contributed by atoms with Crippen LogP contribution in [-0.4, -0.2) is 40.1 Å². The Labute approximate surface area is 156 Å². The maximum absolute atomic E-state index is 12.7. The van der Waals surface area contributed by atoms with Crippen molar-refractivity contribution in [2.75, 3.05) is 19.7 Å². The van der Waals surface area contributed by atoms with Crippen molar-refractivity contribution in [2.24, 2.45) is 0 Å². The summed E-state index contributed by atoms with van der Waals surface area (Å²) >= 11 is 0. The molecule has 26 heavy (non-hydrogen) atoms. The van der Waals surface area contributed by atoms with E-state index >= 15 is 0 Å². The maximum Gasteiger partial charge on any atom is 0.224 e. The van der Waals surface area contributed by atoms with Gasteiger partial charge < -0.3 is 14.2 Å². The van der Waals surface area contributed by atoms with Crippen molar-refractivity contribution in [3.8, 4) is 5.75 Å². The van der Waals surface area contributed by atoms with Crippen LogP contribution in [0.1, 0.15) is 44.1 Å². The predicted molar refractivity (Wildman–Crippen MR) is 102 cm³/mol. The summed E-state index contributed by atoms with van der Waals surface area (Å²) in [5, 5.41) is 0. The molecule has 1 aromatic carbocycles. The molecule has 1 amide bonds. The topological polar surface area (TPSA) is 47.4 Å². The van der Waals surface area contributed by atoms with Gasteiger partial charge in [0.25, 0.3) is 0 Å². The molecule has 0 aliphatic carbocycles. The second kappa shape index (κ2) is 10.00. The van der Waals surface area contributed by atoms with Crippen molar-refractivity contribution in [1.82, 2.24) is 14.5 Å². The summed E-state index contributed by atoms with van der Waals surface area (Å²) < 4.78 is 7.97. The molecule has 3 rings (SSSR count). The summed E-state index contributed by atoms with van der Waals surface area (Å²) in [6.07, 6.45) is 12.9. The molecule has 0 radical (unpaired) electrons. The molecule has 1 aromatic heterocycles. The van der Waals surface area contributed by atoms with E-state index in [4.69, 9.17) is 4.74 Å². The number of fused-ring (bicyclic) bond motifs is 1. The van der Waals surface area contributed by atoms with Crippen LogP contribution in [0.5, 0.6) is 5.75 Å².